The van der Waals surface area contributed by atoms with Crippen LogP contribution in [-0.2, 0) is 0 Å². The lowest BCUT2D eigenvalue weighted by atomic mass is 10.1. The first-order valence-corrected chi connectivity index (χ1v) is 6.05. The number of pyridine rings is 3. The molecular formula is C15H10N4. The van der Waals surface area contributed by atoms with Crippen molar-refractivity contribution in [3.63, 3.8) is 0 Å². The lowest BCUT2D eigenvalue weighted by Crippen LogP contribution is -1.82. The van der Waals surface area contributed by atoms with E-state index >= 15 is 0 Å². The normalized spacial score (nSPS) is 11.2. The van der Waals surface area contributed by atoms with Gasteiger partial charge in [-0.25, -0.2) is 9.97 Å². The van der Waals surface area contributed by atoms with Gasteiger partial charge in [0.05, 0.1) is 0 Å². The van der Waals surface area contributed by atoms with Crippen LogP contribution < -0.4 is 0 Å². The molecule has 0 saturated carbocycles. The summed E-state index contributed by atoms with van der Waals surface area (Å²) < 4.78 is 0. The van der Waals surface area contributed by atoms with Gasteiger partial charge in [-0.15, -0.1) is 0 Å². The quantitative estimate of drug-likeness (QED) is 0.561. The van der Waals surface area contributed by atoms with Gasteiger partial charge in [0, 0.05) is 46.7 Å². The average molecular weight is 246 g/mol. The molecule has 4 nitrogen and oxygen atoms in total. The van der Waals surface area contributed by atoms with Gasteiger partial charge < -0.3 is 4.98 Å². The number of aromatic amines is 1. The number of fused-ring (bicyclic) bond motifs is 3. The van der Waals surface area contributed by atoms with Crippen LogP contribution in [0.25, 0.3) is 33.2 Å². The summed E-state index contributed by atoms with van der Waals surface area (Å²) in [5.41, 5.74) is 3.86. The highest BCUT2D eigenvalue weighted by molar-refractivity contribution is 6.05. The zero-order chi connectivity index (χ0) is 12.7. The molecule has 0 amide bonds. The minimum absolute atomic E-state index is 0.862. The van der Waals surface area contributed by atoms with Crippen LogP contribution in [0.1, 0.15) is 0 Å². The molecule has 0 aromatic carbocycles. The topological polar surface area (TPSA) is 54.5 Å². The van der Waals surface area contributed by atoms with E-state index in [2.05, 4.69) is 32.1 Å². The minimum Gasteiger partial charge on any atom is -0.324 e. The van der Waals surface area contributed by atoms with Crippen molar-refractivity contribution in [1.82, 2.24) is 19.9 Å². The van der Waals surface area contributed by atoms with Crippen LogP contribution in [0.3, 0.4) is 0 Å². The molecule has 0 radical (unpaired) electrons. The van der Waals surface area contributed by atoms with E-state index in [4.69, 9.17) is 0 Å². The predicted octanol–water partition coefficient (Wildman–Crippen LogP) is 3.17. The molecule has 90 valence electrons. The third-order valence-corrected chi connectivity index (χ3v) is 3.22. The SMILES string of the molecule is c1cncc(-c2cnc3[nH]c4ncccc4c3c2)c1. The molecule has 0 bridgehead atoms. The fourth-order valence-electron chi connectivity index (χ4n) is 2.30. The standard InChI is InChI=1S/C15H10N4/c1-3-10(8-16-5-1)11-7-13-12-4-2-6-17-14(12)19-15(13)18-9-11/h1-9H,(H,17,18,19). The predicted molar refractivity (Wildman–Crippen MR) is 74.6 cm³/mol. The zero-order valence-corrected chi connectivity index (χ0v) is 10.0. The first-order chi connectivity index (χ1) is 9.42. The number of aromatic nitrogens is 4. The maximum atomic E-state index is 4.47. The third kappa shape index (κ3) is 1.57. The van der Waals surface area contributed by atoms with Gasteiger partial charge in [-0.05, 0) is 24.3 Å². The molecule has 4 heteroatoms. The van der Waals surface area contributed by atoms with E-state index in [1.165, 1.54) is 0 Å². The third-order valence-electron chi connectivity index (χ3n) is 3.22. The number of H-pyrrole nitrogens is 1. The van der Waals surface area contributed by atoms with E-state index in [1.54, 1.807) is 12.4 Å². The Labute approximate surface area is 109 Å². The lowest BCUT2D eigenvalue weighted by Gasteiger charge is -2.00. The molecule has 0 saturated heterocycles. The monoisotopic (exact) mass is 246 g/mol. The maximum absolute atomic E-state index is 4.47. The van der Waals surface area contributed by atoms with Crippen molar-refractivity contribution in [2.75, 3.05) is 0 Å². The minimum atomic E-state index is 0.862. The van der Waals surface area contributed by atoms with E-state index in [1.807, 2.05) is 30.6 Å². The van der Waals surface area contributed by atoms with E-state index in [0.29, 0.717) is 0 Å². The van der Waals surface area contributed by atoms with Gasteiger partial charge in [-0.3, -0.25) is 4.98 Å². The summed E-state index contributed by atoms with van der Waals surface area (Å²) in [6.45, 7) is 0. The van der Waals surface area contributed by atoms with Crippen molar-refractivity contribution in [2.24, 2.45) is 0 Å². The van der Waals surface area contributed by atoms with Crippen LogP contribution >= 0.6 is 0 Å². The maximum Gasteiger partial charge on any atom is 0.139 e. The highest BCUT2D eigenvalue weighted by Gasteiger charge is 2.07. The van der Waals surface area contributed by atoms with Gasteiger partial charge >= 0.3 is 0 Å². The number of nitrogens with one attached hydrogen (secondary N) is 1. The molecule has 4 aromatic heterocycles. The summed E-state index contributed by atoms with van der Waals surface area (Å²) in [6.07, 6.45) is 7.25. The van der Waals surface area contributed by atoms with E-state index in [0.717, 1.165) is 33.2 Å². The fourth-order valence-corrected chi connectivity index (χ4v) is 2.30. The second-order valence-corrected chi connectivity index (χ2v) is 4.39. The largest absolute Gasteiger partial charge is 0.324 e. The number of hydrogen-bond acceptors (Lipinski definition) is 3. The Morgan fingerprint density at radius 2 is 1.68 bits per heavy atom. The molecule has 0 aliphatic carbocycles. The van der Waals surface area contributed by atoms with Gasteiger partial charge in [0.15, 0.2) is 0 Å². The number of rotatable bonds is 1. The van der Waals surface area contributed by atoms with Crippen LogP contribution in [0, 0.1) is 0 Å². The summed E-state index contributed by atoms with van der Waals surface area (Å²) in [5, 5.41) is 2.18. The molecule has 4 aromatic rings. The van der Waals surface area contributed by atoms with Crippen LogP contribution in [0.2, 0.25) is 0 Å². The van der Waals surface area contributed by atoms with Gasteiger partial charge in [0.25, 0.3) is 0 Å². The molecule has 0 unspecified atom stereocenters. The van der Waals surface area contributed by atoms with Crippen LogP contribution in [0.15, 0.2) is 55.1 Å². The molecule has 0 aliphatic heterocycles. The van der Waals surface area contributed by atoms with Gasteiger partial charge in [0.2, 0.25) is 0 Å². The van der Waals surface area contributed by atoms with Crippen molar-refractivity contribution in [3.8, 4) is 11.1 Å². The Morgan fingerprint density at radius 1 is 0.789 bits per heavy atom. The lowest BCUT2D eigenvalue weighted by molar-refractivity contribution is 1.29. The second-order valence-electron chi connectivity index (χ2n) is 4.39. The van der Waals surface area contributed by atoms with Gasteiger partial charge in [-0.1, -0.05) is 6.07 Å². The smallest absolute Gasteiger partial charge is 0.139 e. The summed E-state index contributed by atoms with van der Waals surface area (Å²) in [5.74, 6) is 0. The van der Waals surface area contributed by atoms with E-state index in [-0.39, 0.29) is 0 Å². The van der Waals surface area contributed by atoms with Crippen LogP contribution in [-0.4, -0.2) is 19.9 Å². The summed E-state index contributed by atoms with van der Waals surface area (Å²) >= 11 is 0. The Balaban J connectivity index is 2.03. The van der Waals surface area contributed by atoms with Crippen molar-refractivity contribution < 1.29 is 0 Å². The summed E-state index contributed by atoms with van der Waals surface area (Å²) in [6, 6.07) is 10.1. The Kier molecular flexibility index (Phi) is 2.08. The van der Waals surface area contributed by atoms with Crippen molar-refractivity contribution in [1.29, 1.82) is 0 Å². The first kappa shape index (κ1) is 10.2. The molecule has 4 rings (SSSR count). The summed E-state index contributed by atoms with van der Waals surface area (Å²) in [4.78, 5) is 16.1. The van der Waals surface area contributed by atoms with E-state index < -0.39 is 0 Å². The highest BCUT2D eigenvalue weighted by atomic mass is 14.9. The van der Waals surface area contributed by atoms with Crippen LogP contribution in [0.5, 0.6) is 0 Å². The summed E-state index contributed by atoms with van der Waals surface area (Å²) in [7, 11) is 0. The molecule has 0 aliphatic rings. The Hall–Kier alpha value is -2.75. The van der Waals surface area contributed by atoms with Crippen molar-refractivity contribution >= 4 is 22.1 Å². The highest BCUT2D eigenvalue weighted by Crippen LogP contribution is 2.26. The molecule has 19 heavy (non-hydrogen) atoms. The van der Waals surface area contributed by atoms with Gasteiger partial charge in [-0.2, -0.15) is 0 Å². The number of hydrogen-bond donors (Lipinski definition) is 1. The molecule has 1 N–H and O–H groups in total. The molecule has 0 spiro atoms. The van der Waals surface area contributed by atoms with Crippen molar-refractivity contribution in [3.05, 3.63) is 55.1 Å². The zero-order valence-electron chi connectivity index (χ0n) is 10.0. The second kappa shape index (κ2) is 3.88. The molecule has 4 heterocycles. The fraction of sp³-hybridized carbons (Fsp3) is 0. The molecule has 0 atom stereocenters. The van der Waals surface area contributed by atoms with E-state index in [9.17, 15) is 0 Å². The van der Waals surface area contributed by atoms with Crippen molar-refractivity contribution in [2.45, 2.75) is 0 Å². The molecular weight excluding hydrogens is 236 g/mol. The molecule has 0 fully saturated rings. The number of nitrogens with zero attached hydrogens (tertiary/aromatic N) is 3. The van der Waals surface area contributed by atoms with Crippen LogP contribution in [0.4, 0.5) is 0 Å². The average Bonchev–Trinajstić information content (AvgIpc) is 2.86. The van der Waals surface area contributed by atoms with Gasteiger partial charge in [0.1, 0.15) is 11.3 Å². The Bertz CT molecular complexity index is 865. The Morgan fingerprint density at radius 3 is 2.58 bits per heavy atom. The first-order valence-electron chi connectivity index (χ1n) is 6.05.